The fourth-order valence-corrected chi connectivity index (χ4v) is 2.06. The first kappa shape index (κ1) is 16.4. The van der Waals surface area contributed by atoms with Crippen LogP contribution < -0.4 is 14.2 Å². The summed E-state index contributed by atoms with van der Waals surface area (Å²) in [5.74, 6) is 1.30. The third-order valence-electron chi connectivity index (χ3n) is 3.30. The van der Waals surface area contributed by atoms with Gasteiger partial charge in [-0.3, -0.25) is 4.79 Å². The van der Waals surface area contributed by atoms with Gasteiger partial charge in [0.1, 0.15) is 0 Å². The number of benzene rings is 2. The van der Waals surface area contributed by atoms with Crippen LogP contribution in [0.2, 0.25) is 0 Å². The second-order valence-electron chi connectivity index (χ2n) is 4.70. The molecule has 120 valence electrons. The Bertz CT molecular complexity index is 734. The normalized spacial score (nSPS) is 10.6. The van der Waals surface area contributed by atoms with Crippen LogP contribution in [-0.4, -0.2) is 32.2 Å². The third-order valence-corrected chi connectivity index (χ3v) is 3.30. The molecule has 23 heavy (non-hydrogen) atoms. The van der Waals surface area contributed by atoms with Crippen LogP contribution in [0, 0.1) is 0 Å². The van der Waals surface area contributed by atoms with E-state index >= 15 is 0 Å². The lowest BCUT2D eigenvalue weighted by Gasteiger charge is -2.08. The van der Waals surface area contributed by atoms with E-state index in [0.29, 0.717) is 22.8 Å². The molecule has 2 aromatic rings. The highest BCUT2D eigenvalue weighted by Gasteiger charge is 2.08. The van der Waals surface area contributed by atoms with Crippen LogP contribution in [0.3, 0.4) is 0 Å². The minimum absolute atomic E-state index is 0.0517. The quantitative estimate of drug-likeness (QED) is 0.654. The molecule has 0 aliphatic heterocycles. The number of hydrogen-bond acceptors (Lipinski definition) is 5. The third kappa shape index (κ3) is 3.83. The van der Waals surface area contributed by atoms with Crippen LogP contribution in [0.15, 0.2) is 42.5 Å². The van der Waals surface area contributed by atoms with Crippen molar-refractivity contribution >= 4 is 11.9 Å². The fourth-order valence-electron chi connectivity index (χ4n) is 2.06. The van der Waals surface area contributed by atoms with Crippen LogP contribution in [-0.2, 0) is 0 Å². The molecule has 0 spiro atoms. The number of carbonyl (C=O) groups excluding carboxylic acids is 1. The van der Waals surface area contributed by atoms with Gasteiger partial charge in [0.15, 0.2) is 28.8 Å². The molecule has 0 fully saturated rings. The van der Waals surface area contributed by atoms with E-state index in [4.69, 9.17) is 14.2 Å². The summed E-state index contributed by atoms with van der Waals surface area (Å²) in [6.45, 7) is 0. The molecule has 2 aromatic carbocycles. The molecule has 0 amide bonds. The van der Waals surface area contributed by atoms with E-state index in [-0.39, 0.29) is 11.5 Å². The molecule has 0 unspecified atom stereocenters. The zero-order valence-electron chi connectivity index (χ0n) is 13.2. The average molecular weight is 314 g/mol. The summed E-state index contributed by atoms with van der Waals surface area (Å²) in [6, 6.07) is 9.83. The minimum atomic E-state index is -0.169. The fraction of sp³-hybridized carbons (Fsp3) is 0.167. The van der Waals surface area contributed by atoms with Crippen molar-refractivity contribution in [3.8, 4) is 23.0 Å². The Labute approximate surface area is 134 Å². The number of aromatic hydroxyl groups is 1. The molecule has 0 aromatic heterocycles. The van der Waals surface area contributed by atoms with Crippen molar-refractivity contribution in [2.45, 2.75) is 0 Å². The van der Waals surface area contributed by atoms with Gasteiger partial charge in [-0.25, -0.2) is 0 Å². The van der Waals surface area contributed by atoms with Gasteiger partial charge in [-0.1, -0.05) is 12.1 Å². The number of hydrogen-bond donors (Lipinski definition) is 1. The Kier molecular flexibility index (Phi) is 5.25. The number of ketones is 1. The van der Waals surface area contributed by atoms with E-state index in [1.165, 1.54) is 33.5 Å². The zero-order chi connectivity index (χ0) is 16.8. The van der Waals surface area contributed by atoms with Crippen LogP contribution in [0.4, 0.5) is 0 Å². The maximum Gasteiger partial charge on any atom is 0.185 e. The highest BCUT2D eigenvalue weighted by atomic mass is 16.5. The van der Waals surface area contributed by atoms with Crippen molar-refractivity contribution < 1.29 is 24.1 Å². The summed E-state index contributed by atoms with van der Waals surface area (Å²) in [7, 11) is 4.53. The molecule has 0 saturated heterocycles. The standard InChI is InChI=1S/C18H18O5/c1-21-16-9-6-13(11-18(16)23-3)14(19)7-4-12-5-8-15(20)17(10-12)22-2/h4-11,20H,1-3H3. The number of rotatable bonds is 6. The highest BCUT2D eigenvalue weighted by molar-refractivity contribution is 6.07. The van der Waals surface area contributed by atoms with Crippen molar-refractivity contribution in [3.63, 3.8) is 0 Å². The van der Waals surface area contributed by atoms with Gasteiger partial charge in [0.25, 0.3) is 0 Å². The average Bonchev–Trinajstić information content (AvgIpc) is 2.59. The first-order chi connectivity index (χ1) is 11.1. The van der Waals surface area contributed by atoms with Crippen molar-refractivity contribution in [1.82, 2.24) is 0 Å². The summed E-state index contributed by atoms with van der Waals surface area (Å²) in [6.07, 6.45) is 3.11. The van der Waals surface area contributed by atoms with Crippen molar-refractivity contribution in [1.29, 1.82) is 0 Å². The van der Waals surface area contributed by atoms with Gasteiger partial charge in [0.2, 0.25) is 0 Å². The van der Waals surface area contributed by atoms with Gasteiger partial charge < -0.3 is 19.3 Å². The van der Waals surface area contributed by atoms with Gasteiger partial charge in [-0.05, 0) is 42.0 Å². The Morgan fingerprint density at radius 1 is 0.913 bits per heavy atom. The first-order valence-electron chi connectivity index (χ1n) is 6.90. The monoisotopic (exact) mass is 314 g/mol. The van der Waals surface area contributed by atoms with Crippen LogP contribution in [0.5, 0.6) is 23.0 Å². The van der Waals surface area contributed by atoms with E-state index in [1.807, 2.05) is 0 Å². The van der Waals surface area contributed by atoms with E-state index < -0.39 is 0 Å². The lowest BCUT2D eigenvalue weighted by Crippen LogP contribution is -1.97. The van der Waals surface area contributed by atoms with E-state index in [1.54, 1.807) is 36.4 Å². The lowest BCUT2D eigenvalue weighted by atomic mass is 10.1. The van der Waals surface area contributed by atoms with Crippen molar-refractivity contribution in [3.05, 3.63) is 53.6 Å². The molecule has 0 aliphatic rings. The number of methoxy groups -OCH3 is 3. The van der Waals surface area contributed by atoms with Gasteiger partial charge in [-0.15, -0.1) is 0 Å². The first-order valence-corrected chi connectivity index (χ1v) is 6.90. The van der Waals surface area contributed by atoms with Crippen LogP contribution in [0.1, 0.15) is 15.9 Å². The van der Waals surface area contributed by atoms with E-state index in [0.717, 1.165) is 5.56 Å². The Hall–Kier alpha value is -2.95. The number of ether oxygens (including phenoxy) is 3. The number of allylic oxidation sites excluding steroid dienone is 1. The smallest absolute Gasteiger partial charge is 0.185 e. The Morgan fingerprint density at radius 2 is 1.61 bits per heavy atom. The summed E-state index contributed by atoms with van der Waals surface area (Å²) in [4.78, 5) is 12.2. The number of phenols is 1. The highest BCUT2D eigenvalue weighted by Crippen LogP contribution is 2.28. The van der Waals surface area contributed by atoms with Gasteiger partial charge in [-0.2, -0.15) is 0 Å². The molecule has 1 N–H and O–H groups in total. The molecule has 0 radical (unpaired) electrons. The van der Waals surface area contributed by atoms with Gasteiger partial charge >= 0.3 is 0 Å². The van der Waals surface area contributed by atoms with Crippen LogP contribution >= 0.6 is 0 Å². The second-order valence-corrected chi connectivity index (χ2v) is 4.70. The lowest BCUT2D eigenvalue weighted by molar-refractivity contribution is 0.104. The molecule has 0 bridgehead atoms. The SMILES string of the molecule is COc1cc(C=CC(=O)c2ccc(OC)c(OC)c2)ccc1O. The Morgan fingerprint density at radius 3 is 2.26 bits per heavy atom. The summed E-state index contributed by atoms with van der Waals surface area (Å²) >= 11 is 0. The summed E-state index contributed by atoms with van der Waals surface area (Å²) in [5.41, 5.74) is 1.23. The number of phenolic OH excluding ortho intramolecular Hbond substituents is 1. The molecule has 0 atom stereocenters. The molecule has 5 heteroatoms. The van der Waals surface area contributed by atoms with E-state index in [9.17, 15) is 9.90 Å². The molecule has 2 rings (SSSR count). The molecule has 0 heterocycles. The van der Waals surface area contributed by atoms with Crippen molar-refractivity contribution in [2.75, 3.05) is 21.3 Å². The molecule has 5 nitrogen and oxygen atoms in total. The van der Waals surface area contributed by atoms with Gasteiger partial charge in [0, 0.05) is 5.56 Å². The molecular weight excluding hydrogens is 296 g/mol. The number of carbonyl (C=O) groups is 1. The Balaban J connectivity index is 2.21. The van der Waals surface area contributed by atoms with Gasteiger partial charge in [0.05, 0.1) is 21.3 Å². The maximum atomic E-state index is 12.2. The van der Waals surface area contributed by atoms with Crippen LogP contribution in [0.25, 0.3) is 6.08 Å². The summed E-state index contributed by atoms with van der Waals surface area (Å²) < 4.78 is 15.4. The molecule has 0 saturated carbocycles. The summed E-state index contributed by atoms with van der Waals surface area (Å²) in [5, 5.41) is 9.56. The predicted octanol–water partition coefficient (Wildman–Crippen LogP) is 3.31. The van der Waals surface area contributed by atoms with Crippen molar-refractivity contribution in [2.24, 2.45) is 0 Å². The minimum Gasteiger partial charge on any atom is -0.504 e. The topological polar surface area (TPSA) is 65.0 Å². The maximum absolute atomic E-state index is 12.2. The second kappa shape index (κ2) is 7.35. The largest absolute Gasteiger partial charge is 0.504 e. The molecule has 0 aliphatic carbocycles. The molecular formula is C18H18O5. The predicted molar refractivity (Wildman–Crippen MR) is 87.6 cm³/mol. The zero-order valence-corrected chi connectivity index (χ0v) is 13.2. The van der Waals surface area contributed by atoms with E-state index in [2.05, 4.69) is 0 Å².